The van der Waals surface area contributed by atoms with Crippen LogP contribution in [0.25, 0.3) is 0 Å². The minimum Gasteiger partial charge on any atom is -0.462 e. The van der Waals surface area contributed by atoms with Gasteiger partial charge < -0.3 is 33.3 Å². The van der Waals surface area contributed by atoms with Crippen LogP contribution < -0.4 is 0 Å². The smallest absolute Gasteiger partial charge is 0.306 e. The van der Waals surface area contributed by atoms with Crippen molar-refractivity contribution in [1.29, 1.82) is 0 Å². The number of ether oxygens (including phenoxy) is 6. The van der Waals surface area contributed by atoms with Gasteiger partial charge in [-0.05, 0) is 65.6 Å². The molecule has 384 valence electrons. The Hall–Kier alpha value is -3.20. The molecule has 0 amide bonds. The van der Waals surface area contributed by atoms with Crippen molar-refractivity contribution in [1.82, 2.24) is 4.90 Å². The van der Waals surface area contributed by atoms with E-state index in [1.807, 2.05) is 19.0 Å². The number of unbranched alkanes of at least 4 members (excludes halogenated alkanes) is 16. The number of rotatable bonds is 45. The lowest BCUT2D eigenvalue weighted by atomic mass is 10.1. The molecule has 0 aromatic heterocycles. The van der Waals surface area contributed by atoms with E-state index in [1.54, 1.807) is 0 Å². The van der Waals surface area contributed by atoms with Crippen LogP contribution in [-0.2, 0) is 62.0 Å². The third kappa shape index (κ3) is 41.0. The van der Waals surface area contributed by atoms with Crippen LogP contribution in [0.1, 0.15) is 220 Å². The summed E-state index contributed by atoms with van der Waals surface area (Å²) in [5, 5.41) is -0.535. The molecule has 0 saturated carbocycles. The summed E-state index contributed by atoms with van der Waals surface area (Å²) in [7, 11) is 3.85. The second-order valence-corrected chi connectivity index (χ2v) is 19.1. The van der Waals surface area contributed by atoms with Crippen molar-refractivity contribution in [2.75, 3.05) is 47.1 Å². The quantitative estimate of drug-likeness (QED) is 0.0319. The Balaban J connectivity index is 5.70. The Morgan fingerprint density at radius 3 is 0.970 bits per heavy atom. The fourth-order valence-electron chi connectivity index (χ4n) is 6.85. The third-order valence-corrected chi connectivity index (χ3v) is 12.2. The van der Waals surface area contributed by atoms with Gasteiger partial charge in [-0.25, -0.2) is 0 Å². The molecule has 0 heterocycles. The number of thioether (sulfide) groups is 1. The first-order chi connectivity index (χ1) is 31.8. The molecule has 0 N–H and O–H groups in total. The molecule has 0 radical (unpaired) electrons. The molecule has 14 nitrogen and oxygen atoms in total. The van der Waals surface area contributed by atoms with Gasteiger partial charge in [0.15, 0.2) is 17.3 Å². The molecule has 0 aliphatic heterocycles. The summed E-state index contributed by atoms with van der Waals surface area (Å²) in [6.07, 6.45) is 19.3. The number of carbonyl (C=O) groups excluding carboxylic acids is 7. The highest BCUT2D eigenvalue weighted by atomic mass is 32.2. The lowest BCUT2D eigenvalue weighted by Gasteiger charge is -2.20. The first-order valence-electron chi connectivity index (χ1n) is 25.7. The minimum atomic E-state index is -1.01. The molecule has 0 aromatic rings. The molecule has 0 spiro atoms. The van der Waals surface area contributed by atoms with E-state index in [1.165, 1.54) is 0 Å². The van der Waals surface area contributed by atoms with Crippen molar-refractivity contribution in [3.8, 4) is 0 Å². The van der Waals surface area contributed by atoms with E-state index >= 15 is 0 Å². The number of hydrogen-bond acceptors (Lipinski definition) is 15. The van der Waals surface area contributed by atoms with Crippen molar-refractivity contribution >= 4 is 52.7 Å². The maximum absolute atomic E-state index is 13.3. The molecule has 0 saturated heterocycles. The van der Waals surface area contributed by atoms with E-state index in [9.17, 15) is 33.6 Å². The van der Waals surface area contributed by atoms with E-state index in [4.69, 9.17) is 28.4 Å². The van der Waals surface area contributed by atoms with Gasteiger partial charge in [-0.2, -0.15) is 0 Å². The van der Waals surface area contributed by atoms with E-state index < -0.39 is 53.3 Å². The first kappa shape index (κ1) is 62.8. The molecular weight excluding hydrogens is 867 g/mol. The highest BCUT2D eigenvalue weighted by molar-refractivity contribution is 8.14. The van der Waals surface area contributed by atoms with Gasteiger partial charge in [-0.3, -0.25) is 33.6 Å². The fourth-order valence-corrected chi connectivity index (χ4v) is 7.96. The van der Waals surface area contributed by atoms with Crippen molar-refractivity contribution in [3.63, 3.8) is 0 Å². The zero-order valence-corrected chi connectivity index (χ0v) is 43.0. The predicted octanol–water partition coefficient (Wildman–Crippen LogP) is 11.0. The van der Waals surface area contributed by atoms with Gasteiger partial charge in [0.05, 0.1) is 0 Å². The second kappa shape index (κ2) is 44.3. The summed E-state index contributed by atoms with van der Waals surface area (Å²) in [5.41, 5.74) is 0. The van der Waals surface area contributed by atoms with Crippen molar-refractivity contribution < 1.29 is 62.0 Å². The van der Waals surface area contributed by atoms with Gasteiger partial charge in [0.2, 0.25) is 0 Å². The fraction of sp³-hybridized carbons (Fsp3) is 0.863. The monoisotopic (exact) mass is 958 g/mol. The molecule has 0 rings (SSSR count). The lowest BCUT2D eigenvalue weighted by Crippen LogP contribution is -2.31. The predicted molar refractivity (Wildman–Crippen MR) is 260 cm³/mol. The average molecular weight is 958 g/mol. The molecule has 66 heavy (non-hydrogen) atoms. The molecule has 0 fully saturated rings. The van der Waals surface area contributed by atoms with E-state index in [0.29, 0.717) is 38.5 Å². The van der Waals surface area contributed by atoms with Crippen molar-refractivity contribution in [2.45, 2.75) is 238 Å². The minimum absolute atomic E-state index is 0.0780. The summed E-state index contributed by atoms with van der Waals surface area (Å²) in [4.78, 5) is 91.8. The average Bonchev–Trinajstić information content (AvgIpc) is 3.28. The summed E-state index contributed by atoms with van der Waals surface area (Å²) >= 11 is 1.07. The lowest BCUT2D eigenvalue weighted by molar-refractivity contribution is -0.167. The molecule has 0 bridgehead atoms. The first-order valence-corrected chi connectivity index (χ1v) is 26.6. The Bertz CT molecular complexity index is 1150. The summed E-state index contributed by atoms with van der Waals surface area (Å²) in [6.45, 7) is 8.15. The number of carbonyl (C=O) groups is 7. The van der Waals surface area contributed by atoms with E-state index in [0.717, 1.165) is 121 Å². The molecule has 0 atom stereocenters. The van der Waals surface area contributed by atoms with Gasteiger partial charge in [0.1, 0.15) is 26.4 Å². The van der Waals surface area contributed by atoms with E-state index in [-0.39, 0.29) is 82.9 Å². The zero-order chi connectivity index (χ0) is 49.0. The molecule has 15 heteroatoms. The van der Waals surface area contributed by atoms with Gasteiger partial charge in [0.25, 0.3) is 0 Å². The summed E-state index contributed by atoms with van der Waals surface area (Å²) in [6, 6.07) is 0. The zero-order valence-electron chi connectivity index (χ0n) is 42.1. The molecular formula is C51H91NO13S. The van der Waals surface area contributed by atoms with Crippen LogP contribution in [0.2, 0.25) is 0 Å². The summed E-state index contributed by atoms with van der Waals surface area (Å²) < 4.78 is 33.2. The van der Waals surface area contributed by atoms with Crippen LogP contribution in [0, 0.1) is 0 Å². The van der Waals surface area contributed by atoms with Crippen LogP contribution in [0.5, 0.6) is 0 Å². The second-order valence-electron chi connectivity index (χ2n) is 17.7. The number of esters is 6. The largest absolute Gasteiger partial charge is 0.462 e. The Morgan fingerprint density at radius 1 is 0.379 bits per heavy atom. The van der Waals surface area contributed by atoms with Crippen LogP contribution in [0.3, 0.4) is 0 Å². The van der Waals surface area contributed by atoms with Crippen LogP contribution in [0.4, 0.5) is 0 Å². The van der Waals surface area contributed by atoms with Crippen LogP contribution in [0.15, 0.2) is 0 Å². The summed E-state index contributed by atoms with van der Waals surface area (Å²) in [5.74, 6) is -2.92. The van der Waals surface area contributed by atoms with Gasteiger partial charge in [-0.15, -0.1) is 0 Å². The Kier molecular flexibility index (Phi) is 42.2. The van der Waals surface area contributed by atoms with Crippen LogP contribution in [-0.4, -0.2) is 110 Å². The number of nitrogens with zero attached hydrogens (tertiary/aromatic N) is 1. The van der Waals surface area contributed by atoms with Crippen LogP contribution >= 0.6 is 11.8 Å². The topological polar surface area (TPSA) is 178 Å². The van der Waals surface area contributed by atoms with Crippen molar-refractivity contribution in [2.24, 2.45) is 0 Å². The maximum atomic E-state index is 13.3. The highest BCUT2D eigenvalue weighted by Crippen LogP contribution is 2.25. The van der Waals surface area contributed by atoms with Gasteiger partial charge in [0, 0.05) is 50.2 Å². The SMILES string of the molecule is CCCCCCCC(=O)OCC(COC(=O)CCCCCCC)OC(=O)CCC(CCC(=O)OC(COC(=O)CCCCCCC)COC(=O)CCCCCCC)SC(=O)CCCN(C)C. The standard InChI is InChI=1S/C51H91NO13S/c1-7-11-15-19-23-28-45(53)60-38-42(39-61-46(54)29-24-20-16-12-8-2)64-49(57)35-33-44(66-51(59)32-27-37-52(5)6)34-36-50(58)65-43(40-62-47(55)30-25-21-17-13-9-3)41-63-48(56)31-26-22-18-14-10-4/h42-44H,7-41H2,1-6H3. The molecule has 0 aromatic carbocycles. The molecule has 0 unspecified atom stereocenters. The molecule has 0 aliphatic rings. The van der Waals surface area contributed by atoms with Crippen molar-refractivity contribution in [3.05, 3.63) is 0 Å². The van der Waals surface area contributed by atoms with Gasteiger partial charge >= 0.3 is 35.8 Å². The Morgan fingerprint density at radius 2 is 0.682 bits per heavy atom. The van der Waals surface area contributed by atoms with E-state index in [2.05, 4.69) is 27.7 Å². The number of hydrogen-bond donors (Lipinski definition) is 0. The maximum Gasteiger partial charge on any atom is 0.306 e. The van der Waals surface area contributed by atoms with Gasteiger partial charge in [-0.1, -0.05) is 142 Å². The highest BCUT2D eigenvalue weighted by Gasteiger charge is 2.25. The molecule has 0 aliphatic carbocycles. The normalized spacial score (nSPS) is 11.3. The third-order valence-electron chi connectivity index (χ3n) is 10.9. The Labute approximate surface area is 403 Å².